The molecule has 2 nitrogen and oxygen atoms in total. The van der Waals surface area contributed by atoms with Gasteiger partial charge in [0.15, 0.2) is 0 Å². The smallest absolute Gasteiger partial charge is 0.147 e. The molecule has 0 N–H and O–H groups in total. The minimum atomic E-state index is -0.874. The third-order valence-electron chi connectivity index (χ3n) is 0.831. The summed E-state index contributed by atoms with van der Waals surface area (Å²) in [7, 11) is 0. The topological polar surface area (TPSA) is 26.3 Å². The quantitative estimate of drug-likeness (QED) is 0.398. The minimum Gasteiger partial charge on any atom is -0.147 e. The van der Waals surface area contributed by atoms with Gasteiger partial charge in [-0.15, -0.1) is 12.4 Å². The van der Waals surface area contributed by atoms with Crippen LogP contribution in [0.2, 0.25) is 5.02 Å². The zero-order valence-corrected chi connectivity index (χ0v) is 10.3. The molecule has 0 aromatic rings. The molecule has 4 heteroatoms. The fraction of sp³-hybridized carbons (Fsp3) is 0.833. The Morgan fingerprint density at radius 3 is 2.60 bits per heavy atom. The van der Waals surface area contributed by atoms with Crippen LogP contribution in [-0.4, -0.2) is 12.9 Å². The Labute approximate surface area is 76.1 Å². The van der Waals surface area contributed by atoms with Crippen molar-refractivity contribution in [2.45, 2.75) is 18.9 Å². The summed E-state index contributed by atoms with van der Waals surface area (Å²) >= 11 is -0.874. The van der Waals surface area contributed by atoms with Crippen LogP contribution in [0.25, 0.3) is 0 Å². The molecule has 10 heavy (non-hydrogen) atoms. The summed E-state index contributed by atoms with van der Waals surface area (Å²) in [4.78, 5) is 9.82. The molecule has 0 aromatic heterocycles. The molecule has 0 aliphatic heterocycles. The van der Waals surface area contributed by atoms with Gasteiger partial charge in [-0.1, -0.05) is 0 Å². The summed E-state index contributed by atoms with van der Waals surface area (Å²) in [5, 5.41) is 0.708. The number of aldehydes is 1. The predicted octanol–water partition coefficient (Wildman–Crippen LogP) is 1.70. The van der Waals surface area contributed by atoms with Gasteiger partial charge in [0.1, 0.15) is 0 Å². The van der Waals surface area contributed by atoms with Gasteiger partial charge in [0.2, 0.25) is 0 Å². The molecular weight excluding hydrogens is 205 g/mol. The first kappa shape index (κ1) is 13.2. The zero-order chi connectivity index (χ0) is 7.11. The first-order chi connectivity index (χ1) is 4.27. The number of hydrogen-bond donors (Lipinski definition) is 0. The molecule has 0 aliphatic rings. The third kappa shape index (κ3) is 11.4. The molecule has 0 bridgehead atoms. The van der Waals surface area contributed by atoms with Crippen LogP contribution in [0.3, 0.4) is 0 Å². The van der Waals surface area contributed by atoms with Crippen LogP contribution >= 0.6 is 12.4 Å². The van der Waals surface area contributed by atoms with E-state index in [1.807, 2.05) is 0 Å². The number of halogens is 1. The third-order valence-corrected chi connectivity index (χ3v) is 2.92. The Hall–Kier alpha value is 0.543. The van der Waals surface area contributed by atoms with Crippen LogP contribution in [0.4, 0.5) is 0 Å². The molecule has 0 amide bonds. The fourth-order valence-corrected chi connectivity index (χ4v) is 2.34. The maximum Gasteiger partial charge on any atom is -0.147 e. The summed E-state index contributed by atoms with van der Waals surface area (Å²) in [6, 6.07) is 0. The van der Waals surface area contributed by atoms with E-state index in [2.05, 4.69) is 13.8 Å². The van der Waals surface area contributed by atoms with Crippen molar-refractivity contribution in [3.8, 4) is 0 Å². The van der Waals surface area contributed by atoms with Crippen LogP contribution in [0.1, 0.15) is 13.8 Å². The van der Waals surface area contributed by atoms with Crippen molar-refractivity contribution < 1.29 is 25.8 Å². The molecule has 0 aromatic carbocycles. The molecule has 0 atom stereocenters. The van der Waals surface area contributed by atoms with Crippen molar-refractivity contribution in [1.82, 2.24) is 0 Å². The van der Waals surface area contributed by atoms with Gasteiger partial charge in [0.05, 0.1) is 0 Å². The monoisotopic (exact) mass is 216 g/mol. The van der Waals surface area contributed by atoms with Crippen LogP contribution in [0.5, 0.6) is 0 Å². The summed E-state index contributed by atoms with van der Waals surface area (Å²) in [6.45, 7) is 5.07. The van der Waals surface area contributed by atoms with Gasteiger partial charge in [0, 0.05) is 0 Å². The van der Waals surface area contributed by atoms with Crippen LogP contribution in [0.15, 0.2) is 0 Å². The van der Waals surface area contributed by atoms with E-state index in [9.17, 15) is 4.79 Å². The Balaban J connectivity index is 0. The SMILES string of the molecule is CC(C)C[O][Zn][CH2]C=O.Cl. The van der Waals surface area contributed by atoms with E-state index >= 15 is 0 Å². The molecule has 0 spiro atoms. The zero-order valence-electron chi connectivity index (χ0n) is 6.50. The van der Waals surface area contributed by atoms with Crippen molar-refractivity contribution in [2.75, 3.05) is 6.61 Å². The molecule has 0 radical (unpaired) electrons. The van der Waals surface area contributed by atoms with Crippen molar-refractivity contribution in [2.24, 2.45) is 5.92 Å². The van der Waals surface area contributed by atoms with E-state index in [0.717, 1.165) is 12.9 Å². The largest absolute Gasteiger partial charge is 0.147 e. The average molecular weight is 218 g/mol. The Kier molecular flexibility index (Phi) is 12.6. The molecule has 58 valence electrons. The van der Waals surface area contributed by atoms with Gasteiger partial charge in [-0.3, -0.25) is 0 Å². The number of hydrogen-bond acceptors (Lipinski definition) is 2. The molecule has 0 fully saturated rings. The second-order valence-corrected chi connectivity index (χ2v) is 5.35. The Morgan fingerprint density at radius 2 is 2.20 bits per heavy atom. The first-order valence-corrected chi connectivity index (χ1v) is 6.59. The van der Waals surface area contributed by atoms with Gasteiger partial charge in [-0.05, 0) is 0 Å². The summed E-state index contributed by atoms with van der Waals surface area (Å²) in [5.74, 6) is 0.613. The van der Waals surface area contributed by atoms with Crippen LogP contribution < -0.4 is 0 Å². The van der Waals surface area contributed by atoms with E-state index < -0.39 is 17.5 Å². The van der Waals surface area contributed by atoms with Gasteiger partial charge >= 0.3 is 63.5 Å². The molecule has 0 saturated heterocycles. The van der Waals surface area contributed by atoms with Crippen molar-refractivity contribution in [3.63, 3.8) is 0 Å². The Morgan fingerprint density at radius 1 is 1.60 bits per heavy atom. The maximum atomic E-state index is 9.82. The first-order valence-electron chi connectivity index (χ1n) is 3.28. The second-order valence-electron chi connectivity index (χ2n) is 2.42. The van der Waals surface area contributed by atoms with E-state index in [-0.39, 0.29) is 12.4 Å². The molecule has 0 rings (SSSR count). The second kappa shape index (κ2) is 9.54. The Bertz CT molecular complexity index is 78.1. The maximum absolute atomic E-state index is 9.82. The molecule has 0 heterocycles. The minimum absolute atomic E-state index is 0. The fourth-order valence-electron chi connectivity index (χ4n) is 0.450. The van der Waals surface area contributed by atoms with Crippen molar-refractivity contribution in [3.05, 3.63) is 0 Å². The van der Waals surface area contributed by atoms with Gasteiger partial charge < -0.3 is 0 Å². The van der Waals surface area contributed by atoms with E-state index in [4.69, 9.17) is 3.56 Å². The van der Waals surface area contributed by atoms with Gasteiger partial charge in [0.25, 0.3) is 0 Å². The average Bonchev–Trinajstić information content (AvgIpc) is 1.80. The van der Waals surface area contributed by atoms with E-state index in [1.165, 1.54) is 0 Å². The predicted molar refractivity (Wildman–Crippen MR) is 38.9 cm³/mol. The summed E-state index contributed by atoms with van der Waals surface area (Å²) < 4.78 is 5.29. The number of carbonyl (C=O) groups excluding carboxylic acids is 1. The van der Waals surface area contributed by atoms with Crippen molar-refractivity contribution in [1.29, 1.82) is 0 Å². The normalized spacial score (nSPS) is 8.30. The van der Waals surface area contributed by atoms with E-state index in [1.54, 1.807) is 0 Å². The number of carbonyl (C=O) groups is 1. The summed E-state index contributed by atoms with van der Waals surface area (Å²) in [5.41, 5.74) is 0. The van der Waals surface area contributed by atoms with Crippen LogP contribution in [-0.2, 0) is 25.8 Å². The summed E-state index contributed by atoms with van der Waals surface area (Å²) in [6.07, 6.45) is 0.959. The number of rotatable bonds is 5. The molecule has 0 unspecified atom stereocenters. The van der Waals surface area contributed by atoms with Gasteiger partial charge in [-0.25, -0.2) is 0 Å². The van der Waals surface area contributed by atoms with Gasteiger partial charge in [-0.2, -0.15) is 0 Å². The molecule has 0 saturated carbocycles. The molecule has 0 aliphatic carbocycles. The van der Waals surface area contributed by atoms with Crippen molar-refractivity contribution >= 4 is 18.7 Å². The van der Waals surface area contributed by atoms with E-state index in [0.29, 0.717) is 10.9 Å². The standard InChI is InChI=1S/C4H9O.C2H3O.ClH.Zn/c1-4(2)3-5;1-2-3;;/h4H,3H2,1-2H3;2H,1H2;1H;/q-1;;;+1. The molecular formula is C6H13ClO2Zn. The van der Waals surface area contributed by atoms with Crippen LogP contribution in [0, 0.1) is 5.92 Å².